The molecule has 1 aromatic carbocycles. The minimum Gasteiger partial charge on any atom is -0.359 e. The number of nitrogens with one attached hydrogen (secondary N) is 3. The lowest BCUT2D eigenvalue weighted by atomic mass is 10.1. The van der Waals surface area contributed by atoms with Gasteiger partial charge in [0.1, 0.15) is 0 Å². The molecule has 26 heavy (non-hydrogen) atoms. The van der Waals surface area contributed by atoms with Gasteiger partial charge in [0.05, 0.1) is 12.5 Å². The van der Waals surface area contributed by atoms with Crippen molar-refractivity contribution in [2.24, 2.45) is 5.92 Å². The van der Waals surface area contributed by atoms with Crippen LogP contribution in [-0.2, 0) is 16.1 Å². The second-order valence-corrected chi connectivity index (χ2v) is 7.55. The standard InChI is InChI=1S/C20H28N4O2/c1-13(2)12-24-7-6-21-20(26)18(24)10-19(25)22-11-15-4-5-17-16(9-15)8-14(3)23-17/h4-5,8-9,13,18,23H,6-7,10-12H2,1-3H3,(H,21,26)(H,22,25). The van der Waals surface area contributed by atoms with Crippen molar-refractivity contribution in [1.82, 2.24) is 20.5 Å². The van der Waals surface area contributed by atoms with Crippen LogP contribution in [0.5, 0.6) is 0 Å². The highest BCUT2D eigenvalue weighted by molar-refractivity contribution is 5.89. The van der Waals surface area contributed by atoms with Crippen molar-refractivity contribution in [1.29, 1.82) is 0 Å². The van der Waals surface area contributed by atoms with Crippen molar-refractivity contribution in [3.8, 4) is 0 Å². The first kappa shape index (κ1) is 18.5. The Bertz CT molecular complexity index is 796. The van der Waals surface area contributed by atoms with Gasteiger partial charge in [0.25, 0.3) is 0 Å². The number of H-pyrrole nitrogens is 1. The number of amides is 2. The molecule has 2 aromatic rings. The van der Waals surface area contributed by atoms with Gasteiger partial charge in [0, 0.05) is 37.4 Å². The largest absolute Gasteiger partial charge is 0.359 e. The molecule has 3 rings (SSSR count). The quantitative estimate of drug-likeness (QED) is 0.740. The van der Waals surface area contributed by atoms with E-state index in [0.717, 1.165) is 35.2 Å². The van der Waals surface area contributed by atoms with E-state index in [1.54, 1.807) is 0 Å². The Kier molecular flexibility index (Phi) is 5.61. The van der Waals surface area contributed by atoms with Gasteiger partial charge in [-0.15, -0.1) is 0 Å². The molecule has 140 valence electrons. The Morgan fingerprint density at radius 1 is 1.35 bits per heavy atom. The van der Waals surface area contributed by atoms with Crippen LogP contribution in [0.3, 0.4) is 0 Å². The summed E-state index contributed by atoms with van der Waals surface area (Å²) in [7, 11) is 0. The second kappa shape index (κ2) is 7.91. The van der Waals surface area contributed by atoms with Crippen LogP contribution >= 0.6 is 0 Å². The number of nitrogens with zero attached hydrogens (tertiary/aromatic N) is 1. The van der Waals surface area contributed by atoms with Crippen molar-refractivity contribution in [3.05, 3.63) is 35.5 Å². The van der Waals surface area contributed by atoms with E-state index in [1.807, 2.05) is 19.1 Å². The van der Waals surface area contributed by atoms with E-state index in [0.29, 0.717) is 19.0 Å². The maximum absolute atomic E-state index is 12.4. The molecule has 0 saturated carbocycles. The predicted octanol–water partition coefficient (Wildman–Crippen LogP) is 1.94. The zero-order valence-corrected chi connectivity index (χ0v) is 15.8. The van der Waals surface area contributed by atoms with E-state index in [-0.39, 0.29) is 24.3 Å². The maximum atomic E-state index is 12.4. The highest BCUT2D eigenvalue weighted by Gasteiger charge is 2.31. The number of carbonyl (C=O) groups excluding carboxylic acids is 2. The summed E-state index contributed by atoms with van der Waals surface area (Å²) in [5.41, 5.74) is 3.27. The second-order valence-electron chi connectivity index (χ2n) is 7.55. The molecule has 2 amide bonds. The topological polar surface area (TPSA) is 77.2 Å². The molecule has 1 saturated heterocycles. The Morgan fingerprint density at radius 2 is 2.15 bits per heavy atom. The van der Waals surface area contributed by atoms with Crippen molar-refractivity contribution >= 4 is 22.7 Å². The van der Waals surface area contributed by atoms with E-state index >= 15 is 0 Å². The molecule has 6 nitrogen and oxygen atoms in total. The molecule has 3 N–H and O–H groups in total. The number of aromatic amines is 1. The summed E-state index contributed by atoms with van der Waals surface area (Å²) in [6.45, 7) is 9.03. The fourth-order valence-corrected chi connectivity index (χ4v) is 3.56. The summed E-state index contributed by atoms with van der Waals surface area (Å²) >= 11 is 0. The van der Waals surface area contributed by atoms with Gasteiger partial charge < -0.3 is 15.6 Å². The van der Waals surface area contributed by atoms with Crippen LogP contribution in [0.2, 0.25) is 0 Å². The van der Waals surface area contributed by atoms with Gasteiger partial charge in [0.15, 0.2) is 0 Å². The van der Waals surface area contributed by atoms with Crippen LogP contribution in [0.4, 0.5) is 0 Å². The molecular weight excluding hydrogens is 328 g/mol. The molecule has 1 aliphatic heterocycles. The summed E-state index contributed by atoms with van der Waals surface area (Å²) in [5.74, 6) is 0.324. The van der Waals surface area contributed by atoms with Gasteiger partial charge in [-0.3, -0.25) is 14.5 Å². The highest BCUT2D eigenvalue weighted by atomic mass is 16.2. The highest BCUT2D eigenvalue weighted by Crippen LogP contribution is 2.17. The maximum Gasteiger partial charge on any atom is 0.237 e. The smallest absolute Gasteiger partial charge is 0.237 e. The van der Waals surface area contributed by atoms with Crippen molar-refractivity contribution in [2.75, 3.05) is 19.6 Å². The lowest BCUT2D eigenvalue weighted by molar-refractivity contribution is -0.134. The summed E-state index contributed by atoms with van der Waals surface area (Å²) in [6.07, 6.45) is 0.198. The molecule has 0 radical (unpaired) electrons. The van der Waals surface area contributed by atoms with Crippen LogP contribution < -0.4 is 10.6 Å². The number of hydrogen-bond donors (Lipinski definition) is 3. The van der Waals surface area contributed by atoms with E-state index in [9.17, 15) is 9.59 Å². The fourth-order valence-electron chi connectivity index (χ4n) is 3.56. The first-order valence-electron chi connectivity index (χ1n) is 9.29. The molecule has 0 bridgehead atoms. The molecule has 1 aromatic heterocycles. The van der Waals surface area contributed by atoms with Gasteiger partial charge >= 0.3 is 0 Å². The average molecular weight is 356 g/mol. The van der Waals surface area contributed by atoms with Crippen molar-refractivity contribution in [2.45, 2.75) is 39.8 Å². The lowest BCUT2D eigenvalue weighted by Crippen LogP contribution is -2.57. The normalized spacial score (nSPS) is 18.3. The Hall–Kier alpha value is -2.34. The average Bonchev–Trinajstić information content (AvgIpc) is 2.95. The van der Waals surface area contributed by atoms with Gasteiger partial charge in [-0.1, -0.05) is 19.9 Å². The monoisotopic (exact) mass is 356 g/mol. The van der Waals surface area contributed by atoms with Gasteiger partial charge in [-0.2, -0.15) is 0 Å². The zero-order valence-electron chi connectivity index (χ0n) is 15.8. The molecule has 6 heteroatoms. The number of aromatic nitrogens is 1. The Balaban J connectivity index is 1.58. The van der Waals surface area contributed by atoms with Crippen LogP contribution in [0, 0.1) is 12.8 Å². The fraction of sp³-hybridized carbons (Fsp3) is 0.500. The van der Waals surface area contributed by atoms with Gasteiger partial charge in [-0.05, 0) is 42.0 Å². The number of aryl methyl sites for hydroxylation is 1. The molecular formula is C20H28N4O2. The Labute approximate surface area is 154 Å². The Morgan fingerprint density at radius 3 is 2.92 bits per heavy atom. The predicted molar refractivity (Wildman–Crippen MR) is 103 cm³/mol. The number of fused-ring (bicyclic) bond motifs is 1. The van der Waals surface area contributed by atoms with Crippen LogP contribution in [0.1, 0.15) is 31.5 Å². The molecule has 1 aliphatic rings. The number of carbonyl (C=O) groups is 2. The third-order valence-corrected chi connectivity index (χ3v) is 4.73. The summed E-state index contributed by atoms with van der Waals surface area (Å²) in [5, 5.41) is 6.97. The number of hydrogen-bond acceptors (Lipinski definition) is 3. The van der Waals surface area contributed by atoms with Gasteiger partial charge in [0.2, 0.25) is 11.8 Å². The molecule has 2 heterocycles. The van der Waals surface area contributed by atoms with Gasteiger partial charge in [-0.25, -0.2) is 0 Å². The zero-order chi connectivity index (χ0) is 18.7. The van der Waals surface area contributed by atoms with E-state index in [1.165, 1.54) is 0 Å². The number of benzene rings is 1. The molecule has 1 unspecified atom stereocenters. The molecule has 0 aliphatic carbocycles. The first-order valence-corrected chi connectivity index (χ1v) is 9.29. The number of rotatable bonds is 6. The van der Waals surface area contributed by atoms with E-state index in [4.69, 9.17) is 0 Å². The molecule has 1 atom stereocenters. The lowest BCUT2D eigenvalue weighted by Gasteiger charge is -2.35. The summed E-state index contributed by atoms with van der Waals surface area (Å²) < 4.78 is 0. The van der Waals surface area contributed by atoms with E-state index in [2.05, 4.69) is 46.5 Å². The van der Waals surface area contributed by atoms with Crippen molar-refractivity contribution < 1.29 is 9.59 Å². The molecule has 1 fully saturated rings. The molecule has 0 spiro atoms. The van der Waals surface area contributed by atoms with Crippen molar-refractivity contribution in [3.63, 3.8) is 0 Å². The van der Waals surface area contributed by atoms with Crippen LogP contribution in [-0.4, -0.2) is 47.4 Å². The van der Waals surface area contributed by atoms with Crippen LogP contribution in [0.25, 0.3) is 10.9 Å². The van der Waals surface area contributed by atoms with E-state index < -0.39 is 0 Å². The minimum absolute atomic E-state index is 0.0451. The first-order chi connectivity index (χ1) is 12.4. The third kappa shape index (κ3) is 4.43. The third-order valence-electron chi connectivity index (χ3n) is 4.73. The summed E-state index contributed by atoms with van der Waals surface area (Å²) in [6, 6.07) is 7.84. The SMILES string of the molecule is Cc1cc2cc(CNC(=O)CC3C(=O)NCCN3CC(C)C)ccc2[nH]1. The minimum atomic E-state index is -0.374. The van der Waals surface area contributed by atoms with Crippen LogP contribution in [0.15, 0.2) is 24.3 Å². The number of piperazine rings is 1. The summed E-state index contributed by atoms with van der Waals surface area (Å²) in [4.78, 5) is 30.0.